The van der Waals surface area contributed by atoms with Gasteiger partial charge in [0.15, 0.2) is 0 Å². The van der Waals surface area contributed by atoms with E-state index in [2.05, 4.69) is 18.8 Å². The molecule has 0 bridgehead atoms. The minimum absolute atomic E-state index is 0.0113. The number of aromatic amines is 1. The average molecular weight is 151 g/mol. The Morgan fingerprint density at radius 1 is 1.55 bits per heavy atom. The molecule has 0 amide bonds. The van der Waals surface area contributed by atoms with Crippen molar-refractivity contribution in [1.82, 2.24) is 4.98 Å². The molecule has 60 valence electrons. The third-order valence-corrected chi connectivity index (χ3v) is 1.93. The van der Waals surface area contributed by atoms with Gasteiger partial charge in [0, 0.05) is 11.8 Å². The Bertz CT molecular complexity index is 277. The molecular weight excluding hydrogens is 138 g/mol. The maximum absolute atomic E-state index is 10.9. The van der Waals surface area contributed by atoms with Crippen LogP contribution in [-0.4, -0.2) is 4.98 Å². The smallest absolute Gasteiger partial charge is 0.248 e. The number of hydrogen-bond donors (Lipinski definition) is 1. The molecule has 11 heavy (non-hydrogen) atoms. The summed E-state index contributed by atoms with van der Waals surface area (Å²) < 4.78 is 0. The minimum atomic E-state index is -0.0113. The average Bonchev–Trinajstić information content (AvgIpc) is 2.03. The second kappa shape index (κ2) is 3.37. The molecule has 2 nitrogen and oxygen atoms in total. The molecule has 0 aliphatic carbocycles. The Hall–Kier alpha value is -1.05. The van der Waals surface area contributed by atoms with Crippen LogP contribution in [0, 0.1) is 0 Å². The Labute approximate surface area is 66.3 Å². The Balaban J connectivity index is 2.96. The number of hydrogen-bond acceptors (Lipinski definition) is 1. The predicted molar refractivity (Wildman–Crippen MR) is 45.8 cm³/mol. The first-order chi connectivity index (χ1) is 5.24. The molecule has 1 rings (SSSR count). The van der Waals surface area contributed by atoms with Crippen LogP contribution in [-0.2, 0) is 0 Å². The van der Waals surface area contributed by atoms with E-state index in [0.717, 1.165) is 12.1 Å². The first-order valence-electron chi connectivity index (χ1n) is 3.93. The quantitative estimate of drug-likeness (QED) is 0.687. The van der Waals surface area contributed by atoms with Crippen LogP contribution in [0.3, 0.4) is 0 Å². The van der Waals surface area contributed by atoms with Crippen LogP contribution in [0.5, 0.6) is 0 Å². The lowest BCUT2D eigenvalue weighted by Gasteiger charge is -2.06. The summed E-state index contributed by atoms with van der Waals surface area (Å²) in [5.41, 5.74) is 1.02. The van der Waals surface area contributed by atoms with Gasteiger partial charge in [0.1, 0.15) is 0 Å². The molecule has 0 aliphatic rings. The molecule has 1 aromatic heterocycles. The van der Waals surface area contributed by atoms with E-state index in [-0.39, 0.29) is 5.56 Å². The highest BCUT2D eigenvalue weighted by molar-refractivity contribution is 5.07. The minimum Gasteiger partial charge on any atom is -0.326 e. The molecule has 0 aliphatic heterocycles. The largest absolute Gasteiger partial charge is 0.326 e. The molecule has 1 aromatic rings. The van der Waals surface area contributed by atoms with Gasteiger partial charge in [-0.25, -0.2) is 0 Å². The summed E-state index contributed by atoms with van der Waals surface area (Å²) in [5.74, 6) is 0.448. The molecule has 0 saturated carbocycles. The molecule has 2 heteroatoms. The van der Waals surface area contributed by atoms with E-state index >= 15 is 0 Å². The fraction of sp³-hybridized carbons (Fsp3) is 0.444. The second-order valence-electron chi connectivity index (χ2n) is 2.78. The van der Waals surface area contributed by atoms with Crippen LogP contribution in [0.25, 0.3) is 0 Å². The lowest BCUT2D eigenvalue weighted by atomic mass is 10.1. The van der Waals surface area contributed by atoms with E-state index < -0.39 is 0 Å². The molecule has 0 unspecified atom stereocenters. The topological polar surface area (TPSA) is 32.9 Å². The van der Waals surface area contributed by atoms with Crippen molar-refractivity contribution in [1.29, 1.82) is 0 Å². The van der Waals surface area contributed by atoms with Gasteiger partial charge in [-0.3, -0.25) is 4.79 Å². The first kappa shape index (κ1) is 8.05. The first-order valence-corrected chi connectivity index (χ1v) is 3.93. The van der Waals surface area contributed by atoms with E-state index in [1.807, 2.05) is 6.07 Å². The van der Waals surface area contributed by atoms with Gasteiger partial charge in [-0.05, 0) is 18.4 Å². The summed E-state index contributed by atoms with van der Waals surface area (Å²) in [4.78, 5) is 13.7. The van der Waals surface area contributed by atoms with Crippen molar-refractivity contribution in [3.8, 4) is 0 Å². The SMILES string of the molecule is CC[C@H](C)c1cccc(=O)[nH]1. The fourth-order valence-corrected chi connectivity index (χ4v) is 0.972. The highest BCUT2D eigenvalue weighted by Gasteiger charge is 2.01. The van der Waals surface area contributed by atoms with E-state index in [9.17, 15) is 4.79 Å². The lowest BCUT2D eigenvalue weighted by Crippen LogP contribution is -2.07. The van der Waals surface area contributed by atoms with Crippen molar-refractivity contribution in [2.24, 2.45) is 0 Å². The van der Waals surface area contributed by atoms with Gasteiger partial charge >= 0.3 is 0 Å². The third-order valence-electron chi connectivity index (χ3n) is 1.93. The standard InChI is InChI=1S/C9H13NO/c1-3-7(2)8-5-4-6-9(11)10-8/h4-7H,3H2,1-2H3,(H,10,11)/t7-/m0/s1. The second-order valence-corrected chi connectivity index (χ2v) is 2.78. The van der Waals surface area contributed by atoms with E-state index in [1.54, 1.807) is 6.07 Å². The Kier molecular flexibility index (Phi) is 2.47. The molecule has 1 atom stereocenters. The molecule has 0 radical (unpaired) electrons. The summed E-state index contributed by atoms with van der Waals surface area (Å²) in [6, 6.07) is 5.28. The van der Waals surface area contributed by atoms with E-state index in [1.165, 1.54) is 6.07 Å². The summed E-state index contributed by atoms with van der Waals surface area (Å²) in [7, 11) is 0. The van der Waals surface area contributed by atoms with Crippen LogP contribution in [0.1, 0.15) is 31.9 Å². The lowest BCUT2D eigenvalue weighted by molar-refractivity contribution is 0.705. The molecular formula is C9H13NO. The van der Waals surface area contributed by atoms with Crippen molar-refractivity contribution in [3.05, 3.63) is 34.2 Å². The number of aromatic nitrogens is 1. The molecule has 1 N–H and O–H groups in total. The van der Waals surface area contributed by atoms with Crippen LogP contribution in [0.15, 0.2) is 23.0 Å². The Morgan fingerprint density at radius 2 is 2.27 bits per heavy atom. The maximum Gasteiger partial charge on any atom is 0.248 e. The van der Waals surface area contributed by atoms with Crippen molar-refractivity contribution in [2.45, 2.75) is 26.2 Å². The van der Waals surface area contributed by atoms with Crippen molar-refractivity contribution >= 4 is 0 Å². The van der Waals surface area contributed by atoms with Crippen molar-refractivity contribution in [2.75, 3.05) is 0 Å². The summed E-state index contributed by atoms with van der Waals surface area (Å²) in [6.45, 7) is 4.21. The molecule has 0 saturated heterocycles. The predicted octanol–water partition coefficient (Wildman–Crippen LogP) is 1.89. The van der Waals surface area contributed by atoms with Gasteiger partial charge in [0.25, 0.3) is 0 Å². The monoisotopic (exact) mass is 151 g/mol. The highest BCUT2D eigenvalue weighted by atomic mass is 16.1. The van der Waals surface area contributed by atoms with Crippen LogP contribution < -0.4 is 5.56 Å². The summed E-state index contributed by atoms with van der Waals surface area (Å²) in [5, 5.41) is 0. The van der Waals surface area contributed by atoms with Gasteiger partial charge in [-0.15, -0.1) is 0 Å². The normalized spacial score (nSPS) is 12.9. The zero-order chi connectivity index (χ0) is 8.27. The maximum atomic E-state index is 10.9. The third kappa shape index (κ3) is 1.93. The molecule has 0 fully saturated rings. The number of nitrogens with one attached hydrogen (secondary N) is 1. The number of H-pyrrole nitrogens is 1. The van der Waals surface area contributed by atoms with Gasteiger partial charge in [0.2, 0.25) is 5.56 Å². The number of pyridine rings is 1. The molecule has 0 aromatic carbocycles. The van der Waals surface area contributed by atoms with Gasteiger partial charge in [-0.2, -0.15) is 0 Å². The van der Waals surface area contributed by atoms with Crippen LogP contribution in [0.2, 0.25) is 0 Å². The van der Waals surface area contributed by atoms with E-state index in [4.69, 9.17) is 0 Å². The van der Waals surface area contributed by atoms with Crippen molar-refractivity contribution < 1.29 is 0 Å². The number of rotatable bonds is 2. The van der Waals surface area contributed by atoms with E-state index in [0.29, 0.717) is 5.92 Å². The zero-order valence-electron chi connectivity index (χ0n) is 6.92. The highest BCUT2D eigenvalue weighted by Crippen LogP contribution is 2.13. The molecule has 1 heterocycles. The van der Waals surface area contributed by atoms with Crippen molar-refractivity contribution in [3.63, 3.8) is 0 Å². The fourth-order valence-electron chi connectivity index (χ4n) is 0.972. The summed E-state index contributed by atoms with van der Waals surface area (Å²) in [6.07, 6.45) is 1.06. The van der Waals surface area contributed by atoms with Gasteiger partial charge < -0.3 is 4.98 Å². The van der Waals surface area contributed by atoms with Gasteiger partial charge in [0.05, 0.1) is 0 Å². The zero-order valence-corrected chi connectivity index (χ0v) is 6.92. The van der Waals surface area contributed by atoms with Gasteiger partial charge in [-0.1, -0.05) is 19.9 Å². The Morgan fingerprint density at radius 3 is 2.82 bits per heavy atom. The summed E-state index contributed by atoms with van der Waals surface area (Å²) >= 11 is 0. The molecule has 0 spiro atoms. The van der Waals surface area contributed by atoms with Crippen LogP contribution >= 0.6 is 0 Å². The van der Waals surface area contributed by atoms with Crippen LogP contribution in [0.4, 0.5) is 0 Å².